The summed E-state index contributed by atoms with van der Waals surface area (Å²) < 4.78 is 37.0. The number of ketones is 1. The Hall–Kier alpha value is -1.78. The minimum absolute atomic E-state index is 0.0600. The molecule has 0 saturated carbocycles. The van der Waals surface area contributed by atoms with Gasteiger partial charge in [-0.3, -0.25) is 4.79 Å². The molecule has 1 aromatic carbocycles. The van der Waals surface area contributed by atoms with Gasteiger partial charge in [0, 0.05) is 32.5 Å². The Kier molecular flexibility index (Phi) is 19.1. The number of ether oxygens (including phenoxy) is 4. The summed E-state index contributed by atoms with van der Waals surface area (Å²) in [5.74, 6) is 6.33. The van der Waals surface area contributed by atoms with Gasteiger partial charge in [-0.05, 0) is 92.5 Å². The van der Waals surface area contributed by atoms with Gasteiger partial charge in [0.1, 0.15) is 5.75 Å². The zero-order chi connectivity index (χ0) is 36.5. The summed E-state index contributed by atoms with van der Waals surface area (Å²) in [6.07, 6.45) is 2.45. The lowest BCUT2D eigenvalue weighted by Crippen LogP contribution is -2.45. The largest absolute Gasteiger partial charge is 0.497 e. The highest BCUT2D eigenvalue weighted by atomic mass is 28.4. The molecular weight excluding hydrogens is 649 g/mol. The lowest BCUT2D eigenvalue weighted by atomic mass is 9.97. The van der Waals surface area contributed by atoms with Crippen molar-refractivity contribution < 1.29 is 32.6 Å². The second-order valence-corrected chi connectivity index (χ2v) is 23.7. The summed E-state index contributed by atoms with van der Waals surface area (Å²) in [5, 5.41) is 0. The zero-order valence-corrected chi connectivity index (χ0v) is 34.6. The van der Waals surface area contributed by atoms with Gasteiger partial charge in [-0.2, -0.15) is 0 Å². The minimum Gasteiger partial charge on any atom is -0.497 e. The molecule has 0 spiro atoms. The van der Waals surface area contributed by atoms with Crippen LogP contribution in [0.4, 0.5) is 0 Å². The molecule has 0 bridgehead atoms. The number of carbonyl (C=O) groups excluding carboxylic acids is 1. The Morgan fingerprint density at radius 3 is 2.12 bits per heavy atom. The molecule has 7 nitrogen and oxygen atoms in total. The van der Waals surface area contributed by atoms with Gasteiger partial charge in [0.15, 0.2) is 22.4 Å². The SMILES string of the molecule is C=C(C[C@@H](CC#CC(=O)C[C@@H]1C[C@H](CCOCc2ccc(OC)cc2)OC(C)(C)O1)O[Si](CC)(CC)CC)[C@@H](C)CO[Si](CC)(CC)CC. The summed E-state index contributed by atoms with van der Waals surface area (Å²) in [4.78, 5) is 13.1. The van der Waals surface area contributed by atoms with E-state index in [0.29, 0.717) is 32.7 Å². The molecule has 1 fully saturated rings. The fraction of sp³-hybridized carbons (Fsp3) is 0.725. The Morgan fingerprint density at radius 2 is 1.55 bits per heavy atom. The van der Waals surface area contributed by atoms with Crippen LogP contribution in [-0.2, 0) is 34.5 Å². The van der Waals surface area contributed by atoms with Gasteiger partial charge in [-0.15, -0.1) is 0 Å². The average molecular weight is 717 g/mol. The fourth-order valence-electron chi connectivity index (χ4n) is 6.65. The van der Waals surface area contributed by atoms with Gasteiger partial charge in [0.05, 0.1) is 32.0 Å². The lowest BCUT2D eigenvalue weighted by molar-refractivity contribution is -0.300. The molecule has 1 saturated heterocycles. The standard InChI is InChI=1S/C40H68O7Si2/c1-12-48(13-2,14-3)44-30-33(8)32(7)27-38(47-49(15-4,16-5)17-6)20-18-19-35(41)28-39-29-37(45-40(9,10)46-39)25-26-43-31-34-21-23-36(42-11)24-22-34/h21-24,33,37-39H,7,12-17,20,25-31H2,1-6,8-11H3/t33-,37-,38+,39+/m0/s1. The van der Waals surface area contributed by atoms with E-state index in [2.05, 4.69) is 66.9 Å². The van der Waals surface area contributed by atoms with Gasteiger partial charge in [-0.1, -0.05) is 78.7 Å². The summed E-state index contributed by atoms with van der Waals surface area (Å²) in [6, 6.07) is 14.5. The van der Waals surface area contributed by atoms with Crippen LogP contribution in [0.5, 0.6) is 5.75 Å². The summed E-state index contributed by atoms with van der Waals surface area (Å²) in [6.45, 7) is 25.8. The molecule has 1 aromatic rings. The number of benzene rings is 1. The molecule has 1 aliphatic rings. The maximum absolute atomic E-state index is 13.1. The Balaban J connectivity index is 1.98. The van der Waals surface area contributed by atoms with Crippen molar-refractivity contribution in [2.24, 2.45) is 5.92 Å². The van der Waals surface area contributed by atoms with Crippen molar-refractivity contribution in [1.29, 1.82) is 0 Å². The smallest absolute Gasteiger partial charge is 0.208 e. The van der Waals surface area contributed by atoms with Crippen LogP contribution in [0.1, 0.15) is 100.0 Å². The third-order valence-corrected chi connectivity index (χ3v) is 19.9. The van der Waals surface area contributed by atoms with E-state index >= 15 is 0 Å². The molecule has 1 aliphatic heterocycles. The van der Waals surface area contributed by atoms with E-state index in [0.717, 1.165) is 66.0 Å². The number of carbonyl (C=O) groups is 1. The zero-order valence-electron chi connectivity index (χ0n) is 32.6. The summed E-state index contributed by atoms with van der Waals surface area (Å²) in [5.41, 5.74) is 2.24. The van der Waals surface area contributed by atoms with Crippen molar-refractivity contribution in [2.75, 3.05) is 20.3 Å². The van der Waals surface area contributed by atoms with E-state index in [1.165, 1.54) is 0 Å². The first-order valence-corrected chi connectivity index (χ1v) is 23.9. The third kappa shape index (κ3) is 14.8. The molecule has 1 heterocycles. The van der Waals surface area contributed by atoms with Gasteiger partial charge >= 0.3 is 0 Å². The van der Waals surface area contributed by atoms with Crippen molar-refractivity contribution in [1.82, 2.24) is 0 Å². The van der Waals surface area contributed by atoms with Crippen LogP contribution in [0.2, 0.25) is 36.3 Å². The lowest BCUT2D eigenvalue weighted by Gasteiger charge is -2.40. The molecule has 0 aromatic heterocycles. The van der Waals surface area contributed by atoms with Crippen LogP contribution in [0, 0.1) is 17.8 Å². The van der Waals surface area contributed by atoms with E-state index in [1.54, 1.807) is 7.11 Å². The molecule has 0 radical (unpaired) electrons. The van der Waals surface area contributed by atoms with E-state index in [4.69, 9.17) is 27.8 Å². The first kappa shape index (κ1) is 43.4. The number of hydrogen-bond acceptors (Lipinski definition) is 7. The number of hydrogen-bond donors (Lipinski definition) is 0. The van der Waals surface area contributed by atoms with Crippen molar-refractivity contribution in [2.45, 2.75) is 161 Å². The third-order valence-electron chi connectivity index (χ3n) is 10.5. The van der Waals surface area contributed by atoms with Gasteiger partial charge < -0.3 is 27.8 Å². The summed E-state index contributed by atoms with van der Waals surface area (Å²) in [7, 11) is -1.89. The van der Waals surface area contributed by atoms with Gasteiger partial charge in [-0.25, -0.2) is 0 Å². The maximum atomic E-state index is 13.1. The molecule has 49 heavy (non-hydrogen) atoms. The predicted octanol–water partition coefficient (Wildman–Crippen LogP) is 9.86. The van der Waals surface area contributed by atoms with Crippen LogP contribution in [0.25, 0.3) is 0 Å². The highest BCUT2D eigenvalue weighted by Gasteiger charge is 2.36. The second-order valence-electron chi connectivity index (χ2n) is 14.2. The molecular formula is C40H68O7Si2. The quantitative estimate of drug-likeness (QED) is 0.0367. The fourth-order valence-corrected chi connectivity index (χ4v) is 12.2. The molecule has 0 amide bonds. The highest BCUT2D eigenvalue weighted by Crippen LogP contribution is 2.31. The molecule has 9 heteroatoms. The van der Waals surface area contributed by atoms with Crippen LogP contribution in [-0.4, -0.2) is 66.8 Å². The topological polar surface area (TPSA) is 72.5 Å². The number of rotatable bonds is 23. The molecule has 0 unspecified atom stereocenters. The monoisotopic (exact) mass is 716 g/mol. The highest BCUT2D eigenvalue weighted by molar-refractivity contribution is 6.74. The molecule has 0 aliphatic carbocycles. The first-order chi connectivity index (χ1) is 23.3. The van der Waals surface area contributed by atoms with Gasteiger partial charge in [0.25, 0.3) is 0 Å². The van der Waals surface area contributed by atoms with Crippen LogP contribution in [0.15, 0.2) is 36.4 Å². The Morgan fingerprint density at radius 1 is 0.959 bits per heavy atom. The molecule has 4 atom stereocenters. The van der Waals surface area contributed by atoms with Crippen LogP contribution >= 0.6 is 0 Å². The Bertz CT molecular complexity index is 1160. The van der Waals surface area contributed by atoms with Crippen molar-refractivity contribution in [3.05, 3.63) is 42.0 Å². The van der Waals surface area contributed by atoms with Crippen molar-refractivity contribution in [3.8, 4) is 17.6 Å². The number of methoxy groups -OCH3 is 1. The van der Waals surface area contributed by atoms with Crippen molar-refractivity contribution >= 4 is 22.4 Å². The molecule has 2 rings (SSSR count). The van der Waals surface area contributed by atoms with Crippen molar-refractivity contribution in [3.63, 3.8) is 0 Å². The first-order valence-electron chi connectivity index (χ1n) is 18.9. The van der Waals surface area contributed by atoms with Crippen LogP contribution < -0.4 is 4.74 Å². The average Bonchev–Trinajstić information content (AvgIpc) is 3.09. The maximum Gasteiger partial charge on any atom is 0.208 e. The molecule has 0 N–H and O–H groups in total. The van der Waals surface area contributed by atoms with E-state index in [1.807, 2.05) is 38.1 Å². The van der Waals surface area contributed by atoms with E-state index < -0.39 is 22.4 Å². The second kappa shape index (κ2) is 21.6. The number of Topliss-reactive ketones (excluding diaryl/α,β-unsaturated/α-hetero) is 1. The molecule has 278 valence electrons. The normalized spacial score (nSPS) is 19.1. The minimum atomic E-state index is -1.89. The van der Waals surface area contributed by atoms with Crippen LogP contribution in [0.3, 0.4) is 0 Å². The van der Waals surface area contributed by atoms with E-state index in [9.17, 15) is 4.79 Å². The van der Waals surface area contributed by atoms with Gasteiger partial charge in [0.2, 0.25) is 5.78 Å². The predicted molar refractivity (Wildman–Crippen MR) is 206 cm³/mol. The Labute approximate surface area is 301 Å². The van der Waals surface area contributed by atoms with E-state index in [-0.39, 0.29) is 36.4 Å². The summed E-state index contributed by atoms with van der Waals surface area (Å²) >= 11 is 0.